The number of aromatic carboxylic acids is 1. The summed E-state index contributed by atoms with van der Waals surface area (Å²) >= 11 is 0. The average molecular weight is 574 g/mol. The van der Waals surface area contributed by atoms with Crippen LogP contribution < -0.4 is 15.8 Å². The number of aromatic nitrogens is 1. The van der Waals surface area contributed by atoms with Crippen LogP contribution in [0.4, 0.5) is 5.69 Å². The number of ether oxygens (including phenoxy) is 2. The van der Waals surface area contributed by atoms with Crippen LogP contribution in [0.15, 0.2) is 78.9 Å². The van der Waals surface area contributed by atoms with Crippen molar-refractivity contribution < 1.29 is 29.3 Å². The van der Waals surface area contributed by atoms with Crippen LogP contribution in [0.3, 0.4) is 0 Å². The van der Waals surface area contributed by atoms with E-state index in [4.69, 9.17) is 15.2 Å². The molecule has 0 spiro atoms. The molecule has 0 aliphatic carbocycles. The van der Waals surface area contributed by atoms with Gasteiger partial charge in [-0.2, -0.15) is 0 Å². The molecule has 42 heavy (non-hydrogen) atoms. The van der Waals surface area contributed by atoms with Crippen molar-refractivity contribution in [3.05, 3.63) is 95.7 Å². The minimum absolute atomic E-state index is 0.0380. The van der Waals surface area contributed by atoms with Crippen molar-refractivity contribution in [3.8, 4) is 5.75 Å². The molecule has 0 bridgehead atoms. The van der Waals surface area contributed by atoms with Crippen molar-refractivity contribution in [1.82, 2.24) is 9.88 Å². The fourth-order valence-electron chi connectivity index (χ4n) is 4.62. The van der Waals surface area contributed by atoms with E-state index in [1.807, 2.05) is 48.5 Å². The molecule has 0 radical (unpaired) electrons. The lowest BCUT2D eigenvalue weighted by atomic mass is 10.0. The predicted molar refractivity (Wildman–Crippen MR) is 163 cm³/mol. The van der Waals surface area contributed by atoms with Gasteiger partial charge in [-0.25, -0.2) is 9.59 Å². The number of hydrogen-bond acceptors (Lipinski definition) is 7. The Bertz CT molecular complexity index is 1510. The van der Waals surface area contributed by atoms with E-state index in [-0.39, 0.29) is 18.8 Å². The van der Waals surface area contributed by atoms with Crippen LogP contribution in [-0.2, 0) is 22.5 Å². The Balaban J connectivity index is 1.37. The molecule has 0 amide bonds. The summed E-state index contributed by atoms with van der Waals surface area (Å²) in [5, 5.41) is 25.1. The molecule has 0 aliphatic rings. The molecule has 1 atom stereocenters. The number of nitrogen functional groups attached to an aromatic ring is 1. The summed E-state index contributed by atoms with van der Waals surface area (Å²) in [5.41, 5.74) is 6.89. The Morgan fingerprint density at radius 1 is 0.952 bits per heavy atom. The smallest absolute Gasteiger partial charge is 0.352 e. The van der Waals surface area contributed by atoms with Gasteiger partial charge in [-0.1, -0.05) is 36.4 Å². The molecule has 4 aromatic rings. The van der Waals surface area contributed by atoms with Crippen molar-refractivity contribution in [2.24, 2.45) is 0 Å². The number of rotatable bonds is 13. The van der Waals surface area contributed by atoms with Gasteiger partial charge in [-0.3, -0.25) is 0 Å². The number of nitrogens with two attached hydrogens (primary N) is 1. The van der Waals surface area contributed by atoms with Crippen LogP contribution in [0, 0.1) is 0 Å². The van der Waals surface area contributed by atoms with Crippen LogP contribution in [-0.4, -0.2) is 57.6 Å². The topological polar surface area (TPSA) is 136 Å². The zero-order chi connectivity index (χ0) is 30.3. The standard InChI is InChI=1S/C33H39N3O6/c1-32(2,3)42-31(39)33(40,22-41-27-9-5-4-6-10-27)21-35-17-7-8-23-13-16-28-25(18-23)19-29(30(37)38)36(28)20-24-11-14-26(34)15-12-24/h4-6,9-16,18-19,35,40H,7-8,17,20-22,34H2,1-3H3,(H,37,38). The molecule has 4 rings (SSSR count). The molecule has 0 aliphatic heterocycles. The molecular formula is C33H39N3O6. The maximum absolute atomic E-state index is 12.9. The van der Waals surface area contributed by atoms with E-state index < -0.39 is 23.1 Å². The van der Waals surface area contributed by atoms with Gasteiger partial charge in [0.25, 0.3) is 0 Å². The summed E-state index contributed by atoms with van der Waals surface area (Å²) < 4.78 is 13.0. The largest absolute Gasteiger partial charge is 0.490 e. The predicted octanol–water partition coefficient (Wildman–Crippen LogP) is 4.64. The number of fused-ring (bicyclic) bond motifs is 1. The zero-order valence-electron chi connectivity index (χ0n) is 24.3. The van der Waals surface area contributed by atoms with Crippen molar-refractivity contribution in [1.29, 1.82) is 0 Å². The highest BCUT2D eigenvalue weighted by Gasteiger charge is 2.40. The molecule has 0 saturated carbocycles. The first-order valence-electron chi connectivity index (χ1n) is 14.0. The second-order valence-corrected chi connectivity index (χ2v) is 11.5. The minimum atomic E-state index is -1.87. The molecule has 1 unspecified atom stereocenters. The number of esters is 1. The second-order valence-electron chi connectivity index (χ2n) is 11.5. The van der Waals surface area contributed by atoms with E-state index in [2.05, 4.69) is 5.32 Å². The number of hydrogen-bond donors (Lipinski definition) is 4. The van der Waals surface area contributed by atoms with Gasteiger partial charge in [0, 0.05) is 29.7 Å². The van der Waals surface area contributed by atoms with Gasteiger partial charge in [-0.15, -0.1) is 0 Å². The maximum Gasteiger partial charge on any atom is 0.352 e. The molecule has 1 aromatic heterocycles. The Morgan fingerprint density at radius 2 is 1.64 bits per heavy atom. The van der Waals surface area contributed by atoms with Crippen LogP contribution in [0.25, 0.3) is 10.9 Å². The van der Waals surface area contributed by atoms with Crippen molar-refractivity contribution in [3.63, 3.8) is 0 Å². The Hall–Kier alpha value is -4.34. The number of carbonyl (C=O) groups excluding carboxylic acids is 1. The second kappa shape index (κ2) is 13.1. The van der Waals surface area contributed by atoms with E-state index >= 15 is 0 Å². The van der Waals surface area contributed by atoms with Gasteiger partial charge in [-0.05, 0) is 93.7 Å². The first kappa shape index (κ1) is 30.6. The van der Waals surface area contributed by atoms with E-state index in [1.54, 1.807) is 55.7 Å². The van der Waals surface area contributed by atoms with Gasteiger partial charge in [0.15, 0.2) is 0 Å². The number of nitrogens with one attached hydrogen (secondary N) is 1. The number of carbonyl (C=O) groups is 2. The van der Waals surface area contributed by atoms with Crippen LogP contribution >= 0.6 is 0 Å². The summed E-state index contributed by atoms with van der Waals surface area (Å²) in [7, 11) is 0. The summed E-state index contributed by atoms with van der Waals surface area (Å²) in [6.07, 6.45) is 1.45. The van der Waals surface area contributed by atoms with Crippen LogP contribution in [0.5, 0.6) is 5.75 Å². The lowest BCUT2D eigenvalue weighted by Crippen LogP contribution is -2.54. The van der Waals surface area contributed by atoms with E-state index in [0.717, 1.165) is 34.9 Å². The van der Waals surface area contributed by atoms with Crippen LogP contribution in [0.2, 0.25) is 0 Å². The number of carboxylic acid groups (broad SMARTS) is 1. The third-order valence-corrected chi connectivity index (χ3v) is 6.74. The molecule has 0 saturated heterocycles. The van der Waals surface area contributed by atoms with Gasteiger partial charge < -0.3 is 35.3 Å². The summed E-state index contributed by atoms with van der Waals surface area (Å²) in [6.45, 7) is 5.91. The quantitative estimate of drug-likeness (QED) is 0.103. The van der Waals surface area contributed by atoms with Gasteiger partial charge in [0.1, 0.15) is 23.7 Å². The number of anilines is 1. The fraction of sp³-hybridized carbons (Fsp3) is 0.333. The zero-order valence-corrected chi connectivity index (χ0v) is 24.3. The first-order valence-corrected chi connectivity index (χ1v) is 14.0. The average Bonchev–Trinajstić information content (AvgIpc) is 3.30. The van der Waals surface area contributed by atoms with Crippen molar-refractivity contribution in [2.75, 3.05) is 25.4 Å². The molecular weight excluding hydrogens is 534 g/mol. The van der Waals surface area contributed by atoms with E-state index in [1.165, 1.54) is 0 Å². The number of aliphatic hydroxyl groups is 1. The lowest BCUT2D eigenvalue weighted by Gasteiger charge is -2.30. The van der Waals surface area contributed by atoms with Crippen molar-refractivity contribution in [2.45, 2.75) is 51.4 Å². The van der Waals surface area contributed by atoms with Gasteiger partial charge in [0.2, 0.25) is 5.60 Å². The molecule has 0 fully saturated rings. The molecule has 222 valence electrons. The lowest BCUT2D eigenvalue weighted by molar-refractivity contribution is -0.179. The minimum Gasteiger partial charge on any atom is -0.490 e. The van der Waals surface area contributed by atoms with Crippen molar-refractivity contribution >= 4 is 28.5 Å². The number of carboxylic acids is 1. The van der Waals surface area contributed by atoms with Gasteiger partial charge >= 0.3 is 11.9 Å². The highest BCUT2D eigenvalue weighted by Crippen LogP contribution is 2.24. The summed E-state index contributed by atoms with van der Waals surface area (Å²) in [5.74, 6) is -1.19. The number of benzene rings is 3. The van der Waals surface area contributed by atoms with Crippen LogP contribution in [0.1, 0.15) is 48.8 Å². The first-order chi connectivity index (χ1) is 19.9. The number of para-hydroxylation sites is 1. The summed E-state index contributed by atoms with van der Waals surface area (Å²) in [4.78, 5) is 24.9. The molecule has 9 nitrogen and oxygen atoms in total. The Morgan fingerprint density at radius 3 is 2.31 bits per heavy atom. The SMILES string of the molecule is CC(C)(C)OC(=O)C(O)(CNCCCc1ccc2c(c1)cc(C(=O)O)n2Cc1ccc(N)cc1)COc1ccccc1. The third-order valence-electron chi connectivity index (χ3n) is 6.74. The number of nitrogens with zero attached hydrogens (tertiary/aromatic N) is 1. The Labute approximate surface area is 245 Å². The summed E-state index contributed by atoms with van der Waals surface area (Å²) in [6, 6.07) is 24.0. The highest BCUT2D eigenvalue weighted by molar-refractivity contribution is 5.95. The normalized spacial score (nSPS) is 13.0. The monoisotopic (exact) mass is 573 g/mol. The number of aryl methyl sites for hydroxylation is 1. The Kier molecular flexibility index (Phi) is 9.55. The van der Waals surface area contributed by atoms with E-state index in [0.29, 0.717) is 24.5 Å². The maximum atomic E-state index is 12.9. The molecule has 5 N–H and O–H groups in total. The molecule has 1 heterocycles. The fourth-order valence-corrected chi connectivity index (χ4v) is 4.62. The molecule has 3 aromatic carbocycles. The highest BCUT2D eigenvalue weighted by atomic mass is 16.6. The van der Waals surface area contributed by atoms with E-state index in [9.17, 15) is 19.8 Å². The molecule has 9 heteroatoms. The van der Waals surface area contributed by atoms with Gasteiger partial charge in [0.05, 0.1) is 0 Å². The third kappa shape index (κ3) is 8.11.